The van der Waals surface area contributed by atoms with E-state index in [0.29, 0.717) is 12.8 Å². The molecular weight excluding hydrogens is 564 g/mol. The minimum atomic E-state index is -1.75. The van der Waals surface area contributed by atoms with Crippen molar-refractivity contribution in [3.05, 3.63) is 0 Å². The third-order valence-electron chi connectivity index (χ3n) is 7.09. The number of aliphatic hydroxyl groups is 7. The molecule has 2 rings (SSSR count). The van der Waals surface area contributed by atoms with Gasteiger partial charge < -0.3 is 64.2 Å². The van der Waals surface area contributed by atoms with Crippen LogP contribution in [0.15, 0.2) is 0 Å². The van der Waals surface area contributed by atoms with Crippen LogP contribution in [0.5, 0.6) is 0 Å². The highest BCUT2D eigenvalue weighted by Gasteiger charge is 2.47. The highest BCUT2D eigenvalue weighted by Crippen LogP contribution is 2.26. The molecular formula is C27H48O15. The number of carbonyl (C=O) groups is 2. The fourth-order valence-electron chi connectivity index (χ4n) is 4.45. The van der Waals surface area contributed by atoms with Gasteiger partial charge in [-0.1, -0.05) is 39.5 Å². The molecule has 2 aliphatic rings. The molecule has 11 unspecified atom stereocenters. The normalized spacial score (nSPS) is 34.1. The summed E-state index contributed by atoms with van der Waals surface area (Å²) in [6, 6.07) is 0. The summed E-state index contributed by atoms with van der Waals surface area (Å²) >= 11 is 0. The first kappa shape index (κ1) is 36.7. The van der Waals surface area contributed by atoms with Crippen LogP contribution in [0.3, 0.4) is 0 Å². The molecule has 2 aliphatic heterocycles. The second-order valence-corrected chi connectivity index (χ2v) is 10.6. The Hall–Kier alpha value is -1.50. The number of ether oxygens (including phenoxy) is 6. The van der Waals surface area contributed by atoms with Gasteiger partial charge in [-0.3, -0.25) is 9.59 Å². The Bertz CT molecular complexity index is 783. The van der Waals surface area contributed by atoms with Crippen molar-refractivity contribution in [2.45, 2.75) is 133 Å². The average molecular weight is 613 g/mol. The van der Waals surface area contributed by atoms with Gasteiger partial charge in [-0.05, 0) is 12.8 Å². The Labute approximate surface area is 245 Å². The molecule has 0 spiro atoms. The van der Waals surface area contributed by atoms with Crippen LogP contribution >= 0.6 is 0 Å². The molecule has 2 saturated heterocycles. The first-order valence-electron chi connectivity index (χ1n) is 14.6. The molecule has 7 N–H and O–H groups in total. The highest BCUT2D eigenvalue weighted by atomic mass is 16.7. The van der Waals surface area contributed by atoms with E-state index >= 15 is 0 Å². The van der Waals surface area contributed by atoms with Gasteiger partial charge in [-0.2, -0.15) is 0 Å². The van der Waals surface area contributed by atoms with Gasteiger partial charge >= 0.3 is 11.9 Å². The Morgan fingerprint density at radius 2 is 1.19 bits per heavy atom. The summed E-state index contributed by atoms with van der Waals surface area (Å²) in [7, 11) is 0. The number of esters is 2. The Kier molecular flexibility index (Phi) is 16.6. The monoisotopic (exact) mass is 612 g/mol. The molecule has 0 saturated carbocycles. The van der Waals surface area contributed by atoms with Crippen LogP contribution < -0.4 is 0 Å². The number of aliphatic hydroxyl groups excluding tert-OH is 7. The van der Waals surface area contributed by atoms with Crippen molar-refractivity contribution in [3.8, 4) is 0 Å². The standard InChI is InChI=1S/C27H48O15/c1-3-5-7-9-18(29)37-12-15(40-19(30)10-8-6-4-2)13-38-26-25(36)23(34)21(32)17(42-26)14-39-27-24(35)22(33)20(31)16(11-28)41-27/h15-17,20-28,31-36H,3-14H2,1-2H3. The lowest BCUT2D eigenvalue weighted by Crippen LogP contribution is -2.61. The van der Waals surface area contributed by atoms with Gasteiger partial charge in [-0.25, -0.2) is 0 Å². The predicted octanol–water partition coefficient (Wildman–Crippen LogP) is -1.76. The molecule has 0 aromatic heterocycles. The van der Waals surface area contributed by atoms with Gasteiger partial charge in [0.1, 0.15) is 55.4 Å². The second-order valence-electron chi connectivity index (χ2n) is 10.6. The van der Waals surface area contributed by atoms with Crippen LogP contribution in [0.2, 0.25) is 0 Å². The van der Waals surface area contributed by atoms with Gasteiger partial charge in [0.2, 0.25) is 0 Å². The molecule has 246 valence electrons. The highest BCUT2D eigenvalue weighted by molar-refractivity contribution is 5.70. The summed E-state index contributed by atoms with van der Waals surface area (Å²) < 4.78 is 32.5. The van der Waals surface area contributed by atoms with Crippen molar-refractivity contribution in [1.29, 1.82) is 0 Å². The fourth-order valence-corrected chi connectivity index (χ4v) is 4.45. The van der Waals surface area contributed by atoms with E-state index < -0.39 is 92.7 Å². The molecule has 11 atom stereocenters. The van der Waals surface area contributed by atoms with E-state index in [0.717, 1.165) is 25.7 Å². The zero-order valence-corrected chi connectivity index (χ0v) is 24.2. The Balaban J connectivity index is 1.99. The van der Waals surface area contributed by atoms with E-state index in [9.17, 15) is 45.3 Å². The summed E-state index contributed by atoms with van der Waals surface area (Å²) in [5, 5.41) is 70.6. The van der Waals surface area contributed by atoms with Crippen molar-refractivity contribution >= 4 is 11.9 Å². The van der Waals surface area contributed by atoms with Gasteiger partial charge in [0, 0.05) is 12.8 Å². The lowest BCUT2D eigenvalue weighted by molar-refractivity contribution is -0.332. The molecule has 2 heterocycles. The average Bonchev–Trinajstić information content (AvgIpc) is 2.97. The van der Waals surface area contributed by atoms with Gasteiger partial charge in [0.15, 0.2) is 18.7 Å². The predicted molar refractivity (Wildman–Crippen MR) is 141 cm³/mol. The summed E-state index contributed by atoms with van der Waals surface area (Å²) in [6.45, 7) is 2.10. The van der Waals surface area contributed by atoms with E-state index in [1.54, 1.807) is 0 Å². The van der Waals surface area contributed by atoms with Crippen LogP contribution in [0.25, 0.3) is 0 Å². The lowest BCUT2D eigenvalue weighted by atomic mass is 9.98. The SMILES string of the molecule is CCCCCC(=O)OCC(COC1OC(COC2OC(CO)C(O)C(O)C2O)C(O)C(O)C1O)OC(=O)CCCCC. The van der Waals surface area contributed by atoms with Crippen molar-refractivity contribution in [2.24, 2.45) is 0 Å². The largest absolute Gasteiger partial charge is 0.462 e. The minimum absolute atomic E-state index is 0.152. The van der Waals surface area contributed by atoms with Gasteiger partial charge in [-0.15, -0.1) is 0 Å². The topological polar surface area (TPSA) is 231 Å². The van der Waals surface area contributed by atoms with E-state index in [-0.39, 0.29) is 26.1 Å². The van der Waals surface area contributed by atoms with Crippen LogP contribution in [-0.4, -0.2) is 142 Å². The fraction of sp³-hybridized carbons (Fsp3) is 0.926. The maximum atomic E-state index is 12.3. The molecule has 0 radical (unpaired) electrons. The summed E-state index contributed by atoms with van der Waals surface area (Å²) in [5.41, 5.74) is 0. The second kappa shape index (κ2) is 19.0. The number of rotatable bonds is 18. The molecule has 15 nitrogen and oxygen atoms in total. The van der Waals surface area contributed by atoms with Crippen molar-refractivity contribution in [1.82, 2.24) is 0 Å². The molecule has 15 heteroatoms. The molecule has 2 fully saturated rings. The van der Waals surface area contributed by atoms with Crippen LogP contribution in [0.4, 0.5) is 0 Å². The van der Waals surface area contributed by atoms with Crippen molar-refractivity contribution in [3.63, 3.8) is 0 Å². The Morgan fingerprint density at radius 1 is 0.667 bits per heavy atom. The Morgan fingerprint density at radius 3 is 1.76 bits per heavy atom. The smallest absolute Gasteiger partial charge is 0.306 e. The summed E-state index contributed by atoms with van der Waals surface area (Å²) in [6.07, 6.45) is -11.6. The van der Waals surface area contributed by atoms with E-state index in [4.69, 9.17) is 28.4 Å². The van der Waals surface area contributed by atoms with Crippen molar-refractivity contribution in [2.75, 3.05) is 26.4 Å². The first-order chi connectivity index (χ1) is 20.0. The first-order valence-corrected chi connectivity index (χ1v) is 14.6. The molecule has 42 heavy (non-hydrogen) atoms. The quantitative estimate of drug-likeness (QED) is 0.0671. The molecule has 0 bridgehead atoms. The third-order valence-corrected chi connectivity index (χ3v) is 7.09. The summed E-state index contributed by atoms with van der Waals surface area (Å²) in [4.78, 5) is 24.4. The molecule has 0 aromatic rings. The molecule has 0 aromatic carbocycles. The zero-order valence-electron chi connectivity index (χ0n) is 24.2. The molecule has 0 aliphatic carbocycles. The van der Waals surface area contributed by atoms with E-state index in [1.165, 1.54) is 0 Å². The maximum absolute atomic E-state index is 12.3. The molecule has 0 amide bonds. The lowest BCUT2D eigenvalue weighted by Gasteiger charge is -2.42. The number of carbonyl (C=O) groups excluding carboxylic acids is 2. The van der Waals surface area contributed by atoms with Gasteiger partial charge in [0.05, 0.1) is 19.8 Å². The number of hydrogen-bond donors (Lipinski definition) is 7. The number of unbranched alkanes of at least 4 members (excludes halogenated alkanes) is 4. The van der Waals surface area contributed by atoms with E-state index in [1.807, 2.05) is 13.8 Å². The van der Waals surface area contributed by atoms with Crippen molar-refractivity contribution < 1.29 is 73.8 Å². The van der Waals surface area contributed by atoms with E-state index in [2.05, 4.69) is 0 Å². The number of hydrogen-bond acceptors (Lipinski definition) is 15. The van der Waals surface area contributed by atoms with Crippen LogP contribution in [0, 0.1) is 0 Å². The zero-order chi connectivity index (χ0) is 31.2. The van der Waals surface area contributed by atoms with Crippen LogP contribution in [0.1, 0.15) is 65.2 Å². The van der Waals surface area contributed by atoms with Crippen LogP contribution in [-0.2, 0) is 38.0 Å². The maximum Gasteiger partial charge on any atom is 0.306 e. The van der Waals surface area contributed by atoms with Gasteiger partial charge in [0.25, 0.3) is 0 Å². The summed E-state index contributed by atoms with van der Waals surface area (Å²) in [5.74, 6) is -0.987. The third kappa shape index (κ3) is 11.2. The minimum Gasteiger partial charge on any atom is -0.462 e.